The largest absolute Gasteiger partial charge is 0.348 e. The number of hydrogen-bond acceptors (Lipinski definition) is 3. The molecule has 1 rings (SSSR count). The molecule has 0 bridgehead atoms. The molecule has 3 amide bonds. The Kier molecular flexibility index (Phi) is 9.29. The van der Waals surface area contributed by atoms with Crippen molar-refractivity contribution in [3.8, 4) is 0 Å². The van der Waals surface area contributed by atoms with Crippen molar-refractivity contribution in [1.82, 2.24) is 10.6 Å². The highest BCUT2D eigenvalue weighted by Gasteiger charge is 2.28. The number of halogens is 1. The second kappa shape index (κ2) is 10.1. The van der Waals surface area contributed by atoms with Gasteiger partial charge in [-0.25, -0.2) is 4.79 Å². The number of carbonyl (C=O) groups is 2. The number of urea groups is 1. The Labute approximate surface area is 144 Å². The molecular formula is C16H27ClN4O2. The van der Waals surface area contributed by atoms with E-state index in [2.05, 4.69) is 16.0 Å². The predicted molar refractivity (Wildman–Crippen MR) is 95.8 cm³/mol. The van der Waals surface area contributed by atoms with Crippen LogP contribution in [0, 0.1) is 0 Å². The van der Waals surface area contributed by atoms with Crippen LogP contribution in [0.2, 0.25) is 0 Å². The number of anilines is 1. The summed E-state index contributed by atoms with van der Waals surface area (Å²) >= 11 is 0. The molecule has 0 saturated heterocycles. The van der Waals surface area contributed by atoms with Gasteiger partial charge in [-0.1, -0.05) is 32.0 Å². The second-order valence-corrected chi connectivity index (χ2v) is 5.37. The van der Waals surface area contributed by atoms with Crippen LogP contribution in [-0.4, -0.2) is 30.1 Å². The van der Waals surface area contributed by atoms with E-state index < -0.39 is 17.6 Å². The summed E-state index contributed by atoms with van der Waals surface area (Å²) in [5.41, 5.74) is 6.02. The van der Waals surface area contributed by atoms with E-state index in [9.17, 15) is 9.59 Å². The van der Waals surface area contributed by atoms with Crippen LogP contribution in [-0.2, 0) is 4.79 Å². The molecule has 130 valence electrons. The van der Waals surface area contributed by atoms with Gasteiger partial charge in [0.25, 0.3) is 0 Å². The quantitative estimate of drug-likeness (QED) is 0.612. The Balaban J connectivity index is 0.00000484. The van der Waals surface area contributed by atoms with Crippen molar-refractivity contribution in [3.05, 3.63) is 30.3 Å². The van der Waals surface area contributed by atoms with Crippen LogP contribution in [0.25, 0.3) is 0 Å². The van der Waals surface area contributed by atoms with E-state index in [1.807, 2.05) is 32.0 Å². The molecule has 0 fully saturated rings. The maximum absolute atomic E-state index is 12.2. The van der Waals surface area contributed by atoms with Gasteiger partial charge in [-0.2, -0.15) is 0 Å². The topological polar surface area (TPSA) is 96.2 Å². The number of hydrogen-bond donors (Lipinski definition) is 4. The summed E-state index contributed by atoms with van der Waals surface area (Å²) in [5, 5.41) is 8.24. The van der Waals surface area contributed by atoms with Gasteiger partial charge < -0.3 is 21.7 Å². The van der Waals surface area contributed by atoms with Crippen LogP contribution in [0.3, 0.4) is 0 Å². The summed E-state index contributed by atoms with van der Waals surface area (Å²) in [4.78, 5) is 24.1. The number of rotatable bonds is 7. The Hall–Kier alpha value is -1.79. The SMILES string of the molecule is CCC(CC)(CN)NC(=O)C(C)NC(=O)Nc1ccccc1.Cl. The molecule has 23 heavy (non-hydrogen) atoms. The molecule has 0 spiro atoms. The van der Waals surface area contributed by atoms with Crippen LogP contribution < -0.4 is 21.7 Å². The summed E-state index contributed by atoms with van der Waals surface area (Å²) in [7, 11) is 0. The van der Waals surface area contributed by atoms with Crippen molar-refractivity contribution in [2.45, 2.75) is 45.2 Å². The normalized spacial score (nSPS) is 11.8. The fraction of sp³-hybridized carbons (Fsp3) is 0.500. The summed E-state index contributed by atoms with van der Waals surface area (Å²) in [6.07, 6.45) is 1.49. The Morgan fingerprint density at radius 1 is 1.17 bits per heavy atom. The zero-order valence-corrected chi connectivity index (χ0v) is 14.7. The molecular weight excluding hydrogens is 316 g/mol. The van der Waals surface area contributed by atoms with Crippen molar-refractivity contribution >= 4 is 30.0 Å². The molecule has 1 unspecified atom stereocenters. The highest BCUT2D eigenvalue weighted by atomic mass is 35.5. The second-order valence-electron chi connectivity index (χ2n) is 5.37. The molecule has 1 aromatic rings. The zero-order chi connectivity index (χ0) is 16.6. The van der Waals surface area contributed by atoms with Gasteiger partial charge in [-0.15, -0.1) is 12.4 Å². The smallest absolute Gasteiger partial charge is 0.319 e. The lowest BCUT2D eigenvalue weighted by Gasteiger charge is -2.32. The number of nitrogens with two attached hydrogens (primary N) is 1. The van der Waals surface area contributed by atoms with Gasteiger partial charge in [-0.3, -0.25) is 4.79 Å². The molecule has 0 aromatic heterocycles. The van der Waals surface area contributed by atoms with Crippen molar-refractivity contribution in [3.63, 3.8) is 0 Å². The number of para-hydroxylation sites is 1. The summed E-state index contributed by atoms with van der Waals surface area (Å²) in [6, 6.07) is 8.00. The lowest BCUT2D eigenvalue weighted by Crippen LogP contribution is -2.57. The van der Waals surface area contributed by atoms with E-state index in [4.69, 9.17) is 5.73 Å². The first-order chi connectivity index (χ1) is 10.5. The van der Waals surface area contributed by atoms with Crippen LogP contribution in [0.4, 0.5) is 10.5 Å². The first kappa shape index (κ1) is 21.2. The molecule has 5 N–H and O–H groups in total. The standard InChI is InChI=1S/C16H26N4O2.ClH/c1-4-16(5-2,11-17)20-14(21)12(3)18-15(22)19-13-9-7-6-8-10-13;/h6-10,12H,4-5,11,17H2,1-3H3,(H,20,21)(H2,18,19,22);1H. The molecule has 6 nitrogen and oxygen atoms in total. The van der Waals surface area contributed by atoms with Gasteiger partial charge in [0, 0.05) is 12.2 Å². The van der Waals surface area contributed by atoms with Crippen LogP contribution in [0.5, 0.6) is 0 Å². The fourth-order valence-corrected chi connectivity index (χ4v) is 2.09. The lowest BCUT2D eigenvalue weighted by atomic mass is 9.92. The summed E-state index contributed by atoms with van der Waals surface area (Å²) < 4.78 is 0. The number of nitrogens with one attached hydrogen (secondary N) is 3. The van der Waals surface area contributed by atoms with E-state index in [-0.39, 0.29) is 18.3 Å². The number of benzene rings is 1. The minimum absolute atomic E-state index is 0. The average molecular weight is 343 g/mol. The number of carbonyl (C=O) groups excluding carboxylic acids is 2. The van der Waals surface area contributed by atoms with E-state index in [1.165, 1.54) is 0 Å². The molecule has 1 atom stereocenters. The molecule has 7 heteroatoms. The molecule has 0 aliphatic heterocycles. The summed E-state index contributed by atoms with van der Waals surface area (Å²) in [6.45, 7) is 5.98. The summed E-state index contributed by atoms with van der Waals surface area (Å²) in [5.74, 6) is -0.239. The molecule has 0 radical (unpaired) electrons. The van der Waals surface area contributed by atoms with Crippen molar-refractivity contribution in [2.24, 2.45) is 5.73 Å². The molecule has 0 aliphatic rings. The van der Waals surface area contributed by atoms with Gasteiger partial charge in [0.15, 0.2) is 0 Å². The van der Waals surface area contributed by atoms with Gasteiger partial charge in [0.2, 0.25) is 5.91 Å². The van der Waals surface area contributed by atoms with Crippen molar-refractivity contribution in [2.75, 3.05) is 11.9 Å². The van der Waals surface area contributed by atoms with Gasteiger partial charge in [0.1, 0.15) is 6.04 Å². The minimum Gasteiger partial charge on any atom is -0.348 e. The third-order valence-corrected chi connectivity index (χ3v) is 3.91. The Morgan fingerprint density at radius 3 is 2.22 bits per heavy atom. The third kappa shape index (κ3) is 6.46. The van der Waals surface area contributed by atoms with Crippen LogP contribution in [0.15, 0.2) is 30.3 Å². The highest BCUT2D eigenvalue weighted by molar-refractivity contribution is 5.93. The number of amides is 3. The first-order valence-electron chi connectivity index (χ1n) is 7.61. The maximum atomic E-state index is 12.2. The first-order valence-corrected chi connectivity index (χ1v) is 7.61. The average Bonchev–Trinajstić information content (AvgIpc) is 2.53. The zero-order valence-electron chi connectivity index (χ0n) is 13.9. The Morgan fingerprint density at radius 2 is 1.74 bits per heavy atom. The van der Waals surface area contributed by atoms with Crippen molar-refractivity contribution < 1.29 is 9.59 Å². The van der Waals surface area contributed by atoms with Gasteiger partial charge >= 0.3 is 6.03 Å². The molecule has 0 heterocycles. The van der Waals surface area contributed by atoms with Crippen molar-refractivity contribution in [1.29, 1.82) is 0 Å². The van der Waals surface area contributed by atoms with Gasteiger partial charge in [-0.05, 0) is 31.9 Å². The maximum Gasteiger partial charge on any atom is 0.319 e. The predicted octanol–water partition coefficient (Wildman–Crippen LogP) is 2.25. The molecule has 1 aromatic carbocycles. The lowest BCUT2D eigenvalue weighted by molar-refractivity contribution is -0.124. The third-order valence-electron chi connectivity index (χ3n) is 3.91. The van der Waals surface area contributed by atoms with Crippen LogP contribution in [0.1, 0.15) is 33.6 Å². The Bertz CT molecular complexity index is 484. The molecule has 0 aliphatic carbocycles. The van der Waals surface area contributed by atoms with E-state index in [1.54, 1.807) is 19.1 Å². The fourth-order valence-electron chi connectivity index (χ4n) is 2.09. The molecule has 0 saturated carbocycles. The monoisotopic (exact) mass is 342 g/mol. The minimum atomic E-state index is -0.646. The van der Waals surface area contributed by atoms with E-state index >= 15 is 0 Å². The van der Waals surface area contributed by atoms with Crippen LogP contribution >= 0.6 is 12.4 Å². The van der Waals surface area contributed by atoms with E-state index in [0.717, 1.165) is 12.8 Å². The highest BCUT2D eigenvalue weighted by Crippen LogP contribution is 2.13. The van der Waals surface area contributed by atoms with E-state index in [0.29, 0.717) is 12.2 Å². The van der Waals surface area contributed by atoms with Gasteiger partial charge in [0.05, 0.1) is 5.54 Å².